The summed E-state index contributed by atoms with van der Waals surface area (Å²) in [5.74, 6) is 2.98. The monoisotopic (exact) mass is 348 g/mol. The standard InChI is InChI=1S/C19H20N6O/c1-20-17-13-7-6-12(22-19(26)11-4-5-11)9-14(13)15(10-21-17)18-24-23-16-3-2-8-25(16)18/h6-7,9-11H,2-5,8H2,1H3,(H,20,21)(H,22,26). The molecule has 26 heavy (non-hydrogen) atoms. The molecule has 5 rings (SSSR count). The number of carbonyl (C=O) groups is 1. The molecule has 1 fully saturated rings. The van der Waals surface area contributed by atoms with Crippen molar-refractivity contribution in [3.05, 3.63) is 30.2 Å². The first-order valence-corrected chi connectivity index (χ1v) is 9.08. The molecule has 3 aromatic rings. The summed E-state index contributed by atoms with van der Waals surface area (Å²) in [6, 6.07) is 5.95. The van der Waals surface area contributed by atoms with Crippen molar-refractivity contribution in [2.75, 3.05) is 17.7 Å². The highest BCUT2D eigenvalue weighted by Gasteiger charge is 2.29. The molecule has 7 nitrogen and oxygen atoms in total. The molecule has 3 heterocycles. The fraction of sp³-hybridized carbons (Fsp3) is 0.368. The van der Waals surface area contributed by atoms with Crippen molar-refractivity contribution in [1.29, 1.82) is 0 Å². The number of pyridine rings is 1. The number of amides is 1. The lowest BCUT2D eigenvalue weighted by Gasteiger charge is -2.12. The molecule has 0 unspecified atom stereocenters. The zero-order valence-corrected chi connectivity index (χ0v) is 14.6. The molecule has 2 aliphatic rings. The average Bonchev–Trinajstić information content (AvgIpc) is 3.28. The summed E-state index contributed by atoms with van der Waals surface area (Å²) in [6.07, 6.45) is 5.89. The van der Waals surface area contributed by atoms with E-state index in [0.717, 1.165) is 71.7 Å². The van der Waals surface area contributed by atoms with E-state index in [1.807, 2.05) is 31.4 Å². The molecule has 1 aromatic carbocycles. The van der Waals surface area contributed by atoms with E-state index in [1.165, 1.54) is 0 Å². The van der Waals surface area contributed by atoms with Crippen LogP contribution in [-0.2, 0) is 17.8 Å². The van der Waals surface area contributed by atoms with Crippen molar-refractivity contribution in [1.82, 2.24) is 19.7 Å². The lowest BCUT2D eigenvalue weighted by atomic mass is 10.0. The molecular weight excluding hydrogens is 328 g/mol. The van der Waals surface area contributed by atoms with Crippen LogP contribution < -0.4 is 10.6 Å². The Hall–Kier alpha value is -2.96. The highest BCUT2D eigenvalue weighted by atomic mass is 16.2. The second kappa shape index (κ2) is 5.79. The number of aromatic nitrogens is 4. The maximum absolute atomic E-state index is 12.1. The number of hydrogen-bond donors (Lipinski definition) is 2. The molecule has 0 atom stereocenters. The fourth-order valence-electron chi connectivity index (χ4n) is 3.64. The van der Waals surface area contributed by atoms with Crippen molar-refractivity contribution in [2.45, 2.75) is 32.2 Å². The molecule has 0 saturated heterocycles. The van der Waals surface area contributed by atoms with E-state index >= 15 is 0 Å². The van der Waals surface area contributed by atoms with Crippen LogP contribution in [0.15, 0.2) is 24.4 Å². The summed E-state index contributed by atoms with van der Waals surface area (Å²) in [7, 11) is 1.86. The second-order valence-electron chi connectivity index (χ2n) is 6.99. The van der Waals surface area contributed by atoms with Crippen molar-refractivity contribution < 1.29 is 4.79 Å². The van der Waals surface area contributed by atoms with Gasteiger partial charge in [-0.1, -0.05) is 0 Å². The number of nitrogens with one attached hydrogen (secondary N) is 2. The van der Waals surface area contributed by atoms with Gasteiger partial charge in [-0.05, 0) is 42.8 Å². The van der Waals surface area contributed by atoms with Crippen LogP contribution >= 0.6 is 0 Å². The van der Waals surface area contributed by atoms with Crippen LogP contribution in [0.4, 0.5) is 11.5 Å². The zero-order valence-electron chi connectivity index (χ0n) is 14.6. The molecular formula is C19H20N6O. The molecule has 1 saturated carbocycles. The first kappa shape index (κ1) is 15.3. The van der Waals surface area contributed by atoms with Crippen LogP contribution in [0.25, 0.3) is 22.2 Å². The Morgan fingerprint density at radius 1 is 1.23 bits per heavy atom. The molecule has 1 aliphatic carbocycles. The van der Waals surface area contributed by atoms with Gasteiger partial charge in [-0.25, -0.2) is 4.98 Å². The summed E-state index contributed by atoms with van der Waals surface area (Å²) in [5.41, 5.74) is 1.76. The number of carbonyl (C=O) groups excluding carboxylic acids is 1. The molecule has 2 N–H and O–H groups in total. The van der Waals surface area contributed by atoms with Crippen LogP contribution in [0.2, 0.25) is 0 Å². The third-order valence-electron chi connectivity index (χ3n) is 5.19. The minimum atomic E-state index is 0.108. The van der Waals surface area contributed by atoms with Gasteiger partial charge in [0.2, 0.25) is 5.91 Å². The maximum Gasteiger partial charge on any atom is 0.227 e. The first-order chi connectivity index (χ1) is 12.7. The van der Waals surface area contributed by atoms with Crippen molar-refractivity contribution in [3.8, 4) is 11.4 Å². The van der Waals surface area contributed by atoms with Gasteiger partial charge in [-0.3, -0.25) is 4.79 Å². The largest absolute Gasteiger partial charge is 0.373 e. The normalized spacial score (nSPS) is 15.9. The van der Waals surface area contributed by atoms with Gasteiger partial charge in [-0.2, -0.15) is 0 Å². The van der Waals surface area contributed by atoms with Gasteiger partial charge in [0, 0.05) is 48.8 Å². The number of benzene rings is 1. The van der Waals surface area contributed by atoms with Gasteiger partial charge in [0.25, 0.3) is 0 Å². The molecule has 132 valence electrons. The van der Waals surface area contributed by atoms with Crippen molar-refractivity contribution in [3.63, 3.8) is 0 Å². The van der Waals surface area contributed by atoms with Gasteiger partial charge in [-0.15, -0.1) is 10.2 Å². The Labute approximate surface area is 150 Å². The minimum absolute atomic E-state index is 0.108. The van der Waals surface area contributed by atoms with E-state index in [0.29, 0.717) is 0 Å². The van der Waals surface area contributed by atoms with Gasteiger partial charge in [0.05, 0.1) is 0 Å². The SMILES string of the molecule is CNc1ncc(-c2nnc3n2CCC3)c2cc(NC(=O)C3CC3)ccc12. The summed E-state index contributed by atoms with van der Waals surface area (Å²) < 4.78 is 2.17. The lowest BCUT2D eigenvalue weighted by Crippen LogP contribution is -2.13. The van der Waals surface area contributed by atoms with Crippen LogP contribution in [-0.4, -0.2) is 32.7 Å². The van der Waals surface area contributed by atoms with Gasteiger partial charge < -0.3 is 15.2 Å². The predicted molar refractivity (Wildman–Crippen MR) is 100.0 cm³/mol. The van der Waals surface area contributed by atoms with Crippen LogP contribution in [0.1, 0.15) is 25.1 Å². The lowest BCUT2D eigenvalue weighted by molar-refractivity contribution is -0.117. The third kappa shape index (κ3) is 2.42. The smallest absolute Gasteiger partial charge is 0.227 e. The molecule has 7 heteroatoms. The minimum Gasteiger partial charge on any atom is -0.373 e. The molecule has 0 radical (unpaired) electrons. The number of fused-ring (bicyclic) bond motifs is 2. The van der Waals surface area contributed by atoms with Crippen molar-refractivity contribution in [2.24, 2.45) is 5.92 Å². The Morgan fingerprint density at radius 3 is 2.92 bits per heavy atom. The number of nitrogens with zero attached hydrogens (tertiary/aromatic N) is 4. The Bertz CT molecular complexity index is 1020. The zero-order chi connectivity index (χ0) is 17.7. The first-order valence-electron chi connectivity index (χ1n) is 9.08. The Morgan fingerprint density at radius 2 is 2.12 bits per heavy atom. The number of anilines is 2. The van der Waals surface area contributed by atoms with E-state index in [4.69, 9.17) is 0 Å². The van der Waals surface area contributed by atoms with Crippen molar-refractivity contribution >= 4 is 28.2 Å². The second-order valence-corrected chi connectivity index (χ2v) is 6.99. The van der Waals surface area contributed by atoms with Gasteiger partial charge in [0.1, 0.15) is 11.6 Å². The number of hydrogen-bond acceptors (Lipinski definition) is 5. The van der Waals surface area contributed by atoms with E-state index in [1.54, 1.807) is 0 Å². The number of rotatable bonds is 4. The number of aryl methyl sites for hydroxylation is 1. The topological polar surface area (TPSA) is 84.7 Å². The molecule has 0 spiro atoms. The van der Waals surface area contributed by atoms with E-state index in [-0.39, 0.29) is 11.8 Å². The predicted octanol–water partition coefficient (Wildman–Crippen LogP) is 2.83. The van der Waals surface area contributed by atoms with Gasteiger partial charge in [0.15, 0.2) is 5.82 Å². The van der Waals surface area contributed by atoms with Crippen LogP contribution in [0.5, 0.6) is 0 Å². The molecule has 1 aliphatic heterocycles. The summed E-state index contributed by atoms with van der Waals surface area (Å²) in [6.45, 7) is 0.936. The Kier molecular flexibility index (Phi) is 3.41. The highest BCUT2D eigenvalue weighted by Crippen LogP contribution is 2.35. The molecule has 1 amide bonds. The maximum atomic E-state index is 12.1. The highest BCUT2D eigenvalue weighted by molar-refractivity contribution is 6.04. The Balaban J connectivity index is 1.65. The third-order valence-corrected chi connectivity index (χ3v) is 5.19. The van der Waals surface area contributed by atoms with Crippen LogP contribution in [0.3, 0.4) is 0 Å². The van der Waals surface area contributed by atoms with E-state index in [2.05, 4.69) is 30.4 Å². The van der Waals surface area contributed by atoms with Gasteiger partial charge >= 0.3 is 0 Å². The summed E-state index contributed by atoms with van der Waals surface area (Å²) in [5, 5.41) is 16.9. The molecule has 2 aromatic heterocycles. The van der Waals surface area contributed by atoms with E-state index < -0.39 is 0 Å². The van der Waals surface area contributed by atoms with E-state index in [9.17, 15) is 4.79 Å². The summed E-state index contributed by atoms with van der Waals surface area (Å²) in [4.78, 5) is 16.7. The summed E-state index contributed by atoms with van der Waals surface area (Å²) >= 11 is 0. The average molecular weight is 348 g/mol. The molecule has 0 bridgehead atoms. The quantitative estimate of drug-likeness (QED) is 0.757. The fourth-order valence-corrected chi connectivity index (χ4v) is 3.64. The van der Waals surface area contributed by atoms with Crippen LogP contribution in [0, 0.1) is 5.92 Å².